The highest BCUT2D eigenvalue weighted by Gasteiger charge is 2.26. The van der Waals surface area contributed by atoms with Gasteiger partial charge in [-0.3, -0.25) is 18.6 Å². The summed E-state index contributed by atoms with van der Waals surface area (Å²) in [5, 5.41) is 0. The molecular formula is C81H148NO8P. The minimum absolute atomic E-state index is 0.0516. The van der Waals surface area contributed by atoms with Gasteiger partial charge in [0, 0.05) is 19.4 Å². The van der Waals surface area contributed by atoms with E-state index < -0.39 is 26.5 Å². The predicted octanol–water partition coefficient (Wildman–Crippen LogP) is 26.1. The number of carbonyl (C=O) groups is 2. The summed E-state index contributed by atoms with van der Waals surface area (Å²) in [6, 6.07) is 0. The number of ether oxygens (including phenoxy) is 2. The molecule has 0 saturated carbocycles. The van der Waals surface area contributed by atoms with Crippen LogP contribution in [0.5, 0.6) is 0 Å². The van der Waals surface area contributed by atoms with Gasteiger partial charge in [-0.25, -0.2) is 4.57 Å². The third-order valence-corrected chi connectivity index (χ3v) is 18.3. The Bertz CT molecular complexity index is 1770. The molecule has 2 unspecified atom stereocenters. The largest absolute Gasteiger partial charge is 0.472 e. The predicted molar refractivity (Wildman–Crippen MR) is 395 cm³/mol. The molecule has 2 atom stereocenters. The molecule has 0 saturated heterocycles. The molecule has 530 valence electrons. The van der Waals surface area contributed by atoms with Gasteiger partial charge in [0.25, 0.3) is 0 Å². The van der Waals surface area contributed by atoms with Crippen molar-refractivity contribution in [1.82, 2.24) is 0 Å². The van der Waals surface area contributed by atoms with Crippen LogP contribution in [0.1, 0.15) is 386 Å². The molecule has 3 N–H and O–H groups in total. The van der Waals surface area contributed by atoms with Gasteiger partial charge in [-0.15, -0.1) is 0 Å². The number of esters is 2. The number of nitrogens with two attached hydrogens (primary N) is 1. The highest BCUT2D eigenvalue weighted by Crippen LogP contribution is 2.43. The Kier molecular flexibility index (Phi) is 73.9. The molecule has 0 bridgehead atoms. The SMILES string of the molecule is CC/C=C\C/C=C\C/C=C\C/C=C\C/C=C\C/C=C\C/C=C\CCCCCCCCCCCCCC(=O)OC(COC(=O)CCCCCCCCCCCCCCCCCCCCCCCCCCCCCCCCCCCCCCC)COP(=O)(O)OCCN. The van der Waals surface area contributed by atoms with Crippen LogP contribution in [0.3, 0.4) is 0 Å². The van der Waals surface area contributed by atoms with Crippen LogP contribution in [0, 0.1) is 0 Å². The van der Waals surface area contributed by atoms with E-state index in [1.807, 2.05) is 0 Å². The molecule has 0 aliphatic rings. The van der Waals surface area contributed by atoms with Crippen LogP contribution in [0.2, 0.25) is 0 Å². The zero-order valence-electron chi connectivity index (χ0n) is 59.8. The first-order valence-electron chi connectivity index (χ1n) is 39.1. The lowest BCUT2D eigenvalue weighted by Gasteiger charge is -2.19. The lowest BCUT2D eigenvalue weighted by atomic mass is 10.0. The van der Waals surface area contributed by atoms with Gasteiger partial charge in [0.2, 0.25) is 0 Å². The van der Waals surface area contributed by atoms with Crippen molar-refractivity contribution in [3.63, 3.8) is 0 Å². The first-order valence-corrected chi connectivity index (χ1v) is 40.6. The maximum atomic E-state index is 12.8. The van der Waals surface area contributed by atoms with Gasteiger partial charge in [0.05, 0.1) is 13.2 Å². The zero-order chi connectivity index (χ0) is 65.8. The van der Waals surface area contributed by atoms with Crippen LogP contribution in [-0.4, -0.2) is 49.3 Å². The number of allylic oxidation sites excluding steroid dienone is 14. The highest BCUT2D eigenvalue weighted by molar-refractivity contribution is 7.47. The average Bonchev–Trinajstić information content (AvgIpc) is 3.74. The van der Waals surface area contributed by atoms with Crippen LogP contribution in [0.25, 0.3) is 0 Å². The Balaban J connectivity index is 3.81. The van der Waals surface area contributed by atoms with Gasteiger partial charge in [0.15, 0.2) is 6.10 Å². The van der Waals surface area contributed by atoms with Crippen molar-refractivity contribution in [3.05, 3.63) is 85.1 Å². The number of phosphoric acid groups is 1. The van der Waals surface area contributed by atoms with Gasteiger partial charge >= 0.3 is 19.8 Å². The lowest BCUT2D eigenvalue weighted by Crippen LogP contribution is -2.29. The molecule has 0 aromatic rings. The van der Waals surface area contributed by atoms with E-state index >= 15 is 0 Å². The number of carbonyl (C=O) groups excluding carboxylic acids is 2. The summed E-state index contributed by atoms with van der Waals surface area (Å²) in [6.07, 6.45) is 103. The van der Waals surface area contributed by atoms with Gasteiger partial charge in [-0.05, 0) is 70.6 Å². The van der Waals surface area contributed by atoms with E-state index in [0.29, 0.717) is 6.42 Å². The number of unbranched alkanes of at least 4 members (excludes halogenated alkanes) is 47. The van der Waals surface area contributed by atoms with Crippen molar-refractivity contribution in [2.24, 2.45) is 5.73 Å². The summed E-state index contributed by atoms with van der Waals surface area (Å²) >= 11 is 0. The molecule has 0 aromatic carbocycles. The average molecular weight is 1300 g/mol. The number of hydrogen-bond donors (Lipinski definition) is 2. The molecule has 0 aromatic heterocycles. The van der Waals surface area contributed by atoms with Gasteiger partial charge in [0.1, 0.15) is 6.61 Å². The molecule has 91 heavy (non-hydrogen) atoms. The van der Waals surface area contributed by atoms with E-state index in [1.54, 1.807) is 0 Å². The minimum atomic E-state index is -4.40. The van der Waals surface area contributed by atoms with Gasteiger partial charge in [-0.2, -0.15) is 0 Å². The first-order chi connectivity index (χ1) is 44.8. The summed E-state index contributed by atoms with van der Waals surface area (Å²) < 4.78 is 33.3. The van der Waals surface area contributed by atoms with Crippen LogP contribution >= 0.6 is 7.82 Å². The van der Waals surface area contributed by atoms with Gasteiger partial charge < -0.3 is 20.1 Å². The van der Waals surface area contributed by atoms with E-state index in [1.165, 1.54) is 263 Å². The number of phosphoric ester groups is 1. The van der Waals surface area contributed by atoms with Crippen LogP contribution in [0.15, 0.2) is 85.1 Å². The van der Waals surface area contributed by atoms with Crippen LogP contribution < -0.4 is 5.73 Å². The molecular weight excluding hydrogens is 1150 g/mol. The van der Waals surface area contributed by atoms with Crippen molar-refractivity contribution in [2.45, 2.75) is 392 Å². The topological polar surface area (TPSA) is 134 Å². The van der Waals surface area contributed by atoms with E-state index in [2.05, 4.69) is 98.9 Å². The Labute approximate surface area is 564 Å². The van der Waals surface area contributed by atoms with E-state index in [4.69, 9.17) is 24.3 Å². The highest BCUT2D eigenvalue weighted by atomic mass is 31.2. The van der Waals surface area contributed by atoms with E-state index in [9.17, 15) is 19.0 Å². The van der Waals surface area contributed by atoms with E-state index in [0.717, 1.165) is 89.9 Å². The molecule has 10 heteroatoms. The fourth-order valence-electron chi connectivity index (χ4n) is 11.6. The fraction of sp³-hybridized carbons (Fsp3) is 0.802. The summed E-state index contributed by atoms with van der Waals surface area (Å²) in [5.41, 5.74) is 5.41. The van der Waals surface area contributed by atoms with Crippen LogP contribution in [0.4, 0.5) is 0 Å². The maximum absolute atomic E-state index is 12.8. The zero-order valence-corrected chi connectivity index (χ0v) is 60.7. The monoisotopic (exact) mass is 1290 g/mol. The third-order valence-electron chi connectivity index (χ3n) is 17.3. The Morgan fingerprint density at radius 3 is 0.901 bits per heavy atom. The van der Waals surface area contributed by atoms with Crippen molar-refractivity contribution >= 4 is 19.8 Å². The van der Waals surface area contributed by atoms with Crippen molar-refractivity contribution in [3.8, 4) is 0 Å². The summed E-state index contributed by atoms with van der Waals surface area (Å²) in [7, 11) is -4.40. The third kappa shape index (κ3) is 76.1. The van der Waals surface area contributed by atoms with Crippen LogP contribution in [-0.2, 0) is 32.7 Å². The first kappa shape index (κ1) is 88.2. The second-order valence-corrected chi connectivity index (χ2v) is 27.7. The van der Waals surface area contributed by atoms with E-state index in [-0.39, 0.29) is 38.6 Å². The quantitative estimate of drug-likeness (QED) is 0.0264. The molecule has 0 aliphatic heterocycles. The summed E-state index contributed by atoms with van der Waals surface area (Å²) in [5.74, 6) is -0.817. The van der Waals surface area contributed by atoms with Crippen molar-refractivity contribution in [2.75, 3.05) is 26.4 Å². The molecule has 0 spiro atoms. The molecule has 0 fully saturated rings. The normalized spacial score (nSPS) is 13.3. The maximum Gasteiger partial charge on any atom is 0.472 e. The number of hydrogen-bond acceptors (Lipinski definition) is 8. The lowest BCUT2D eigenvalue weighted by molar-refractivity contribution is -0.161. The standard InChI is InChI=1S/C81H148NO8P/c1-3-5-7-9-11-13-15-17-19-21-23-25-27-29-31-33-35-37-38-39-40-42-43-45-47-49-51-53-55-57-59-61-63-65-67-69-71-73-80(83)87-77-79(78-89-91(85,86)88-76-75-82)90-81(84)74-72-70-68-66-64-62-60-58-56-54-52-50-48-46-44-41-36-34-32-30-28-26-24-22-20-18-16-14-12-10-8-6-4-2/h6,8,12,14,18,20,24,26,30,32,36,41,46,48,79H,3-5,7,9-11,13,15-17,19,21-23,25,27-29,31,33-35,37-40,42-45,47,49-78,82H2,1-2H3,(H,85,86)/b8-6-,14-12-,20-18-,26-24-,32-30-,41-36-,48-46-. The Hall–Kier alpha value is -2.81. The molecule has 0 radical (unpaired) electrons. The molecule has 9 nitrogen and oxygen atoms in total. The molecule has 0 amide bonds. The second kappa shape index (κ2) is 76.2. The van der Waals surface area contributed by atoms with Crippen molar-refractivity contribution in [1.29, 1.82) is 0 Å². The molecule has 0 rings (SSSR count). The summed E-state index contributed by atoms with van der Waals surface area (Å²) in [6.45, 7) is 3.69. The van der Waals surface area contributed by atoms with Gasteiger partial charge in [-0.1, -0.05) is 388 Å². The molecule has 0 heterocycles. The minimum Gasteiger partial charge on any atom is -0.462 e. The molecule has 0 aliphatic carbocycles. The summed E-state index contributed by atoms with van der Waals surface area (Å²) in [4.78, 5) is 35.4. The Morgan fingerprint density at radius 2 is 0.604 bits per heavy atom. The Morgan fingerprint density at radius 1 is 0.341 bits per heavy atom. The fourth-order valence-corrected chi connectivity index (χ4v) is 12.3. The number of rotatable bonds is 74. The smallest absolute Gasteiger partial charge is 0.462 e. The second-order valence-electron chi connectivity index (χ2n) is 26.2. The van der Waals surface area contributed by atoms with Crippen molar-refractivity contribution < 1.29 is 37.6 Å².